The van der Waals surface area contributed by atoms with Crippen LogP contribution >= 0.6 is 0 Å². The predicted molar refractivity (Wildman–Crippen MR) is 95.4 cm³/mol. The number of amides is 3. The summed E-state index contributed by atoms with van der Waals surface area (Å²) in [5, 5.41) is 2.81. The van der Waals surface area contributed by atoms with Crippen LogP contribution in [0, 0.1) is 13.8 Å². The Kier molecular flexibility index (Phi) is 4.49. The first-order chi connectivity index (χ1) is 11.9. The molecule has 0 unspecified atom stereocenters. The van der Waals surface area contributed by atoms with Crippen molar-refractivity contribution in [2.45, 2.75) is 26.3 Å². The van der Waals surface area contributed by atoms with E-state index in [1.807, 2.05) is 62.4 Å². The van der Waals surface area contributed by atoms with Crippen LogP contribution in [0.15, 0.2) is 48.5 Å². The van der Waals surface area contributed by atoms with Crippen LogP contribution in [-0.4, -0.2) is 30.0 Å². The van der Waals surface area contributed by atoms with Gasteiger partial charge in [0.25, 0.3) is 5.91 Å². The molecule has 2 aromatic rings. The van der Waals surface area contributed by atoms with Gasteiger partial charge in [-0.05, 0) is 38.0 Å². The molecule has 1 heterocycles. The van der Waals surface area contributed by atoms with Crippen molar-refractivity contribution >= 4 is 11.9 Å². The van der Waals surface area contributed by atoms with Crippen LogP contribution in [-0.2, 0) is 10.3 Å². The molecule has 1 saturated heterocycles. The molecule has 1 atom stereocenters. The second kappa shape index (κ2) is 6.59. The lowest BCUT2D eigenvalue weighted by atomic mass is 9.91. The SMILES string of the molecule is Cc1ccc([C@@]2(C)NC(=O)N(CCOc3ccccc3C)C2=O)cc1. The Morgan fingerprint density at radius 2 is 1.72 bits per heavy atom. The van der Waals surface area contributed by atoms with E-state index in [9.17, 15) is 9.59 Å². The quantitative estimate of drug-likeness (QED) is 0.852. The van der Waals surface area contributed by atoms with Gasteiger partial charge in [0.05, 0.1) is 6.54 Å². The average molecular weight is 338 g/mol. The summed E-state index contributed by atoms with van der Waals surface area (Å²) < 4.78 is 5.71. The third-order valence-electron chi connectivity index (χ3n) is 4.57. The normalized spacial score (nSPS) is 19.9. The van der Waals surface area contributed by atoms with Crippen molar-refractivity contribution in [3.05, 3.63) is 65.2 Å². The van der Waals surface area contributed by atoms with E-state index in [1.165, 1.54) is 4.90 Å². The molecule has 1 fully saturated rings. The minimum absolute atomic E-state index is 0.209. The van der Waals surface area contributed by atoms with E-state index >= 15 is 0 Å². The second-order valence-electron chi connectivity index (χ2n) is 6.49. The van der Waals surface area contributed by atoms with E-state index < -0.39 is 5.54 Å². The summed E-state index contributed by atoms with van der Waals surface area (Å²) in [6.45, 7) is 6.14. The van der Waals surface area contributed by atoms with Crippen LogP contribution < -0.4 is 10.1 Å². The molecular formula is C20H22N2O3. The van der Waals surface area contributed by atoms with Gasteiger partial charge in [-0.3, -0.25) is 9.69 Å². The average Bonchev–Trinajstić information content (AvgIpc) is 2.81. The Morgan fingerprint density at radius 1 is 1.04 bits per heavy atom. The molecule has 0 aliphatic carbocycles. The molecular weight excluding hydrogens is 316 g/mol. The van der Waals surface area contributed by atoms with Crippen molar-refractivity contribution in [2.75, 3.05) is 13.2 Å². The number of carbonyl (C=O) groups excluding carboxylic acids is 2. The van der Waals surface area contributed by atoms with Crippen molar-refractivity contribution in [3.8, 4) is 5.75 Å². The lowest BCUT2D eigenvalue weighted by Gasteiger charge is -2.22. The number of benzene rings is 2. The fourth-order valence-corrected chi connectivity index (χ4v) is 2.95. The van der Waals surface area contributed by atoms with Crippen LogP contribution in [0.25, 0.3) is 0 Å². The van der Waals surface area contributed by atoms with Crippen LogP contribution in [0.5, 0.6) is 5.75 Å². The Labute approximate surface area is 147 Å². The molecule has 1 aliphatic heterocycles. The summed E-state index contributed by atoms with van der Waals surface area (Å²) >= 11 is 0. The van der Waals surface area contributed by atoms with Crippen molar-refractivity contribution in [1.82, 2.24) is 10.2 Å². The summed E-state index contributed by atoms with van der Waals surface area (Å²) in [6, 6.07) is 14.9. The number of aryl methyl sites for hydroxylation is 2. The number of hydrogen-bond acceptors (Lipinski definition) is 3. The van der Waals surface area contributed by atoms with Gasteiger partial charge in [-0.2, -0.15) is 0 Å². The minimum Gasteiger partial charge on any atom is -0.491 e. The molecule has 0 bridgehead atoms. The first kappa shape index (κ1) is 17.0. The molecule has 25 heavy (non-hydrogen) atoms. The van der Waals surface area contributed by atoms with E-state index in [0.717, 1.165) is 22.4 Å². The topological polar surface area (TPSA) is 58.6 Å². The van der Waals surface area contributed by atoms with Crippen LogP contribution in [0.1, 0.15) is 23.6 Å². The van der Waals surface area contributed by atoms with Crippen molar-refractivity contribution < 1.29 is 14.3 Å². The molecule has 0 radical (unpaired) electrons. The first-order valence-corrected chi connectivity index (χ1v) is 8.31. The molecule has 0 aromatic heterocycles. The maximum Gasteiger partial charge on any atom is 0.325 e. The molecule has 0 spiro atoms. The molecule has 1 aliphatic rings. The molecule has 0 saturated carbocycles. The van der Waals surface area contributed by atoms with Gasteiger partial charge in [0.15, 0.2) is 0 Å². The van der Waals surface area contributed by atoms with Crippen LogP contribution in [0.3, 0.4) is 0 Å². The lowest BCUT2D eigenvalue weighted by molar-refractivity contribution is -0.131. The predicted octanol–water partition coefficient (Wildman–Crippen LogP) is 3.15. The van der Waals surface area contributed by atoms with E-state index in [0.29, 0.717) is 0 Å². The Balaban J connectivity index is 1.69. The van der Waals surface area contributed by atoms with Gasteiger partial charge in [0.2, 0.25) is 0 Å². The Bertz CT molecular complexity index is 801. The number of nitrogens with one attached hydrogen (secondary N) is 1. The zero-order valence-corrected chi connectivity index (χ0v) is 14.7. The highest BCUT2D eigenvalue weighted by Gasteiger charge is 2.48. The molecule has 5 nitrogen and oxygen atoms in total. The summed E-state index contributed by atoms with van der Waals surface area (Å²) in [7, 11) is 0. The number of para-hydroxylation sites is 1. The van der Waals surface area contributed by atoms with Gasteiger partial charge in [0, 0.05) is 0 Å². The standard InChI is InChI=1S/C20H22N2O3/c1-14-8-10-16(11-9-14)20(3)18(23)22(19(24)21-20)12-13-25-17-7-5-4-6-15(17)2/h4-11H,12-13H2,1-3H3,(H,21,24)/t20-/m1/s1. The minimum atomic E-state index is -1.03. The van der Waals surface area contributed by atoms with Gasteiger partial charge in [-0.25, -0.2) is 4.79 Å². The molecule has 1 N–H and O–H groups in total. The fourth-order valence-electron chi connectivity index (χ4n) is 2.95. The molecule has 5 heteroatoms. The summed E-state index contributed by atoms with van der Waals surface area (Å²) in [5.74, 6) is 0.505. The molecule has 130 valence electrons. The molecule has 3 amide bonds. The Morgan fingerprint density at radius 3 is 2.40 bits per heavy atom. The highest BCUT2D eigenvalue weighted by atomic mass is 16.5. The lowest BCUT2D eigenvalue weighted by Crippen LogP contribution is -2.41. The number of imide groups is 1. The van der Waals surface area contributed by atoms with Crippen LogP contribution in [0.4, 0.5) is 4.79 Å². The largest absolute Gasteiger partial charge is 0.491 e. The highest BCUT2D eigenvalue weighted by Crippen LogP contribution is 2.29. The number of rotatable bonds is 5. The van der Waals surface area contributed by atoms with Gasteiger partial charge < -0.3 is 10.1 Å². The van der Waals surface area contributed by atoms with E-state index in [2.05, 4.69) is 5.32 Å². The van der Waals surface area contributed by atoms with Gasteiger partial charge in [0.1, 0.15) is 17.9 Å². The number of ether oxygens (including phenoxy) is 1. The monoisotopic (exact) mass is 338 g/mol. The first-order valence-electron chi connectivity index (χ1n) is 8.31. The van der Waals surface area contributed by atoms with Gasteiger partial charge >= 0.3 is 6.03 Å². The second-order valence-corrected chi connectivity index (χ2v) is 6.49. The smallest absolute Gasteiger partial charge is 0.325 e. The van der Waals surface area contributed by atoms with Gasteiger partial charge in [-0.1, -0.05) is 48.0 Å². The third-order valence-corrected chi connectivity index (χ3v) is 4.57. The molecule has 3 rings (SSSR count). The number of hydrogen-bond donors (Lipinski definition) is 1. The summed E-state index contributed by atoms with van der Waals surface area (Å²) in [4.78, 5) is 26.3. The maximum absolute atomic E-state index is 12.8. The fraction of sp³-hybridized carbons (Fsp3) is 0.300. The number of urea groups is 1. The Hall–Kier alpha value is -2.82. The van der Waals surface area contributed by atoms with Crippen molar-refractivity contribution in [1.29, 1.82) is 0 Å². The van der Waals surface area contributed by atoms with Gasteiger partial charge in [-0.15, -0.1) is 0 Å². The third kappa shape index (κ3) is 3.22. The highest BCUT2D eigenvalue weighted by molar-refractivity contribution is 6.07. The van der Waals surface area contributed by atoms with E-state index in [1.54, 1.807) is 6.92 Å². The van der Waals surface area contributed by atoms with Crippen LogP contribution in [0.2, 0.25) is 0 Å². The zero-order valence-electron chi connectivity index (χ0n) is 14.7. The number of nitrogens with zero attached hydrogens (tertiary/aromatic N) is 1. The number of carbonyl (C=O) groups is 2. The summed E-state index contributed by atoms with van der Waals surface area (Å²) in [5.41, 5.74) is 1.86. The van der Waals surface area contributed by atoms with Crippen molar-refractivity contribution in [2.24, 2.45) is 0 Å². The van der Waals surface area contributed by atoms with E-state index in [4.69, 9.17) is 4.74 Å². The zero-order chi connectivity index (χ0) is 18.0. The summed E-state index contributed by atoms with van der Waals surface area (Å²) in [6.07, 6.45) is 0. The molecule has 2 aromatic carbocycles. The van der Waals surface area contributed by atoms with Crippen molar-refractivity contribution in [3.63, 3.8) is 0 Å². The van der Waals surface area contributed by atoms with E-state index in [-0.39, 0.29) is 25.1 Å². The maximum atomic E-state index is 12.8.